The lowest BCUT2D eigenvalue weighted by Crippen LogP contribution is -2.06. The van der Waals surface area contributed by atoms with Gasteiger partial charge in [0.15, 0.2) is 5.78 Å². The predicted molar refractivity (Wildman–Crippen MR) is 70.4 cm³/mol. The fraction of sp³-hybridized carbons (Fsp3) is 0.300. The monoisotopic (exact) mass is 340 g/mol. The van der Waals surface area contributed by atoms with Crippen LogP contribution in [0, 0.1) is 3.57 Å². The van der Waals surface area contributed by atoms with Crippen molar-refractivity contribution in [3.63, 3.8) is 0 Å². The third-order valence-electron chi connectivity index (χ3n) is 1.82. The standard InChI is InChI=1S/C10H10ClIOS/c1-14-10-4-2-3-9(12)8(10)5-7(13)6-11/h2-4H,5-6H2,1H3. The summed E-state index contributed by atoms with van der Waals surface area (Å²) in [4.78, 5) is 12.4. The molecule has 0 heterocycles. The van der Waals surface area contributed by atoms with Gasteiger partial charge in [-0.3, -0.25) is 4.79 Å². The molecular formula is C10H10ClIOS. The fourth-order valence-corrected chi connectivity index (χ4v) is 2.76. The van der Waals surface area contributed by atoms with Crippen molar-refractivity contribution >= 4 is 51.7 Å². The Morgan fingerprint density at radius 1 is 1.57 bits per heavy atom. The third-order valence-corrected chi connectivity index (χ3v) is 3.95. The molecule has 0 spiro atoms. The summed E-state index contributed by atoms with van der Waals surface area (Å²) in [7, 11) is 0. The average Bonchev–Trinajstić information content (AvgIpc) is 2.20. The summed E-state index contributed by atoms with van der Waals surface area (Å²) < 4.78 is 1.13. The maximum Gasteiger partial charge on any atom is 0.152 e. The molecule has 14 heavy (non-hydrogen) atoms. The Hall–Kier alpha value is 0.260. The number of rotatable bonds is 4. The van der Waals surface area contributed by atoms with Gasteiger partial charge in [-0.15, -0.1) is 23.4 Å². The van der Waals surface area contributed by atoms with Gasteiger partial charge in [0, 0.05) is 14.9 Å². The molecule has 0 bridgehead atoms. The van der Waals surface area contributed by atoms with Gasteiger partial charge < -0.3 is 0 Å². The topological polar surface area (TPSA) is 17.1 Å². The van der Waals surface area contributed by atoms with E-state index in [2.05, 4.69) is 22.6 Å². The molecule has 0 unspecified atom stereocenters. The number of carbonyl (C=O) groups is 1. The minimum atomic E-state index is 0.0751. The Morgan fingerprint density at radius 3 is 2.86 bits per heavy atom. The van der Waals surface area contributed by atoms with Crippen molar-refractivity contribution in [3.8, 4) is 0 Å². The van der Waals surface area contributed by atoms with Crippen molar-refractivity contribution in [1.82, 2.24) is 0 Å². The van der Waals surface area contributed by atoms with Crippen molar-refractivity contribution in [3.05, 3.63) is 27.3 Å². The van der Waals surface area contributed by atoms with E-state index in [1.54, 1.807) is 11.8 Å². The molecule has 0 radical (unpaired) electrons. The van der Waals surface area contributed by atoms with Crippen LogP contribution in [0.4, 0.5) is 0 Å². The van der Waals surface area contributed by atoms with Gasteiger partial charge >= 0.3 is 0 Å². The van der Waals surface area contributed by atoms with E-state index in [4.69, 9.17) is 11.6 Å². The second kappa shape index (κ2) is 5.98. The van der Waals surface area contributed by atoms with Crippen molar-refractivity contribution in [2.45, 2.75) is 11.3 Å². The molecule has 1 nitrogen and oxygen atoms in total. The Kier molecular flexibility index (Phi) is 5.26. The van der Waals surface area contributed by atoms with E-state index in [1.165, 1.54) is 0 Å². The molecule has 0 aliphatic carbocycles. The van der Waals surface area contributed by atoms with E-state index in [0.29, 0.717) is 6.42 Å². The Bertz CT molecular complexity index is 341. The smallest absolute Gasteiger partial charge is 0.152 e. The molecule has 0 saturated heterocycles. The quantitative estimate of drug-likeness (QED) is 0.475. The number of halogens is 2. The SMILES string of the molecule is CSc1cccc(I)c1CC(=O)CCl. The number of alkyl halides is 1. The summed E-state index contributed by atoms with van der Waals surface area (Å²) in [6.45, 7) is 0. The lowest BCUT2D eigenvalue weighted by atomic mass is 10.1. The largest absolute Gasteiger partial charge is 0.298 e. The van der Waals surface area contributed by atoms with Crippen LogP contribution in [-0.2, 0) is 11.2 Å². The molecule has 0 aliphatic heterocycles. The van der Waals surface area contributed by atoms with E-state index >= 15 is 0 Å². The van der Waals surface area contributed by atoms with E-state index in [9.17, 15) is 4.79 Å². The van der Waals surface area contributed by atoms with Crippen LogP contribution in [0.3, 0.4) is 0 Å². The minimum absolute atomic E-state index is 0.0751. The molecule has 0 saturated carbocycles. The van der Waals surface area contributed by atoms with Gasteiger partial charge in [-0.2, -0.15) is 0 Å². The normalized spacial score (nSPS) is 10.2. The molecule has 0 atom stereocenters. The zero-order valence-electron chi connectivity index (χ0n) is 7.72. The lowest BCUT2D eigenvalue weighted by molar-refractivity contribution is -0.116. The van der Waals surface area contributed by atoms with E-state index < -0.39 is 0 Å². The number of ketones is 1. The third kappa shape index (κ3) is 3.14. The highest BCUT2D eigenvalue weighted by Gasteiger charge is 2.09. The number of benzene rings is 1. The van der Waals surface area contributed by atoms with Crippen LogP contribution in [0.15, 0.2) is 23.1 Å². The second-order valence-electron chi connectivity index (χ2n) is 2.77. The molecule has 0 amide bonds. The minimum Gasteiger partial charge on any atom is -0.298 e. The van der Waals surface area contributed by atoms with Crippen LogP contribution in [0.1, 0.15) is 5.56 Å². The van der Waals surface area contributed by atoms with Crippen molar-refractivity contribution in [1.29, 1.82) is 0 Å². The molecule has 0 N–H and O–H groups in total. The van der Waals surface area contributed by atoms with Gasteiger partial charge in [-0.05, 0) is 46.5 Å². The number of carbonyl (C=O) groups excluding carboxylic acids is 1. The van der Waals surface area contributed by atoms with Gasteiger partial charge in [-0.25, -0.2) is 0 Å². The first-order valence-electron chi connectivity index (χ1n) is 4.08. The summed E-state index contributed by atoms with van der Waals surface area (Å²) in [5, 5.41) is 0. The maximum atomic E-state index is 11.3. The summed E-state index contributed by atoms with van der Waals surface area (Å²) >= 11 is 9.40. The Balaban J connectivity index is 2.98. The molecule has 4 heteroatoms. The molecule has 0 aliphatic rings. The Labute approximate surface area is 107 Å². The number of hydrogen-bond donors (Lipinski definition) is 0. The first-order valence-corrected chi connectivity index (χ1v) is 6.92. The van der Waals surface area contributed by atoms with Gasteiger partial charge in [0.1, 0.15) is 0 Å². The summed E-state index contributed by atoms with van der Waals surface area (Å²) in [5.74, 6) is 0.171. The van der Waals surface area contributed by atoms with E-state index in [-0.39, 0.29) is 11.7 Å². The highest BCUT2D eigenvalue weighted by molar-refractivity contribution is 14.1. The maximum absolute atomic E-state index is 11.3. The van der Waals surface area contributed by atoms with Crippen LogP contribution >= 0.6 is 46.0 Å². The molecular weight excluding hydrogens is 331 g/mol. The molecule has 1 rings (SSSR count). The lowest BCUT2D eigenvalue weighted by Gasteiger charge is -2.07. The first-order chi connectivity index (χ1) is 6.69. The van der Waals surface area contributed by atoms with Crippen LogP contribution in [-0.4, -0.2) is 17.9 Å². The van der Waals surface area contributed by atoms with Crippen molar-refractivity contribution in [2.75, 3.05) is 12.1 Å². The zero-order valence-corrected chi connectivity index (χ0v) is 11.4. The molecule has 0 aromatic heterocycles. The van der Waals surface area contributed by atoms with Crippen LogP contribution in [0.25, 0.3) is 0 Å². The number of hydrogen-bond acceptors (Lipinski definition) is 2. The molecule has 0 fully saturated rings. The fourth-order valence-electron chi connectivity index (χ4n) is 1.15. The number of thioether (sulfide) groups is 1. The van der Waals surface area contributed by atoms with Crippen LogP contribution in [0.5, 0.6) is 0 Å². The second-order valence-corrected chi connectivity index (χ2v) is 5.05. The van der Waals surface area contributed by atoms with Gasteiger partial charge in [-0.1, -0.05) is 6.07 Å². The van der Waals surface area contributed by atoms with E-state index in [0.717, 1.165) is 14.0 Å². The molecule has 76 valence electrons. The van der Waals surface area contributed by atoms with Gasteiger partial charge in [0.2, 0.25) is 0 Å². The summed E-state index contributed by atoms with van der Waals surface area (Å²) in [6.07, 6.45) is 2.46. The molecule has 1 aromatic carbocycles. The Morgan fingerprint density at radius 2 is 2.29 bits per heavy atom. The van der Waals surface area contributed by atoms with E-state index in [1.807, 2.05) is 24.5 Å². The van der Waals surface area contributed by atoms with Crippen LogP contribution in [0.2, 0.25) is 0 Å². The number of Topliss-reactive ketones (excluding diaryl/α,β-unsaturated/α-hetero) is 1. The first kappa shape index (κ1) is 12.3. The van der Waals surface area contributed by atoms with Crippen LogP contribution < -0.4 is 0 Å². The molecule has 1 aromatic rings. The highest BCUT2D eigenvalue weighted by atomic mass is 127. The van der Waals surface area contributed by atoms with Gasteiger partial charge in [0.25, 0.3) is 0 Å². The summed E-state index contributed by atoms with van der Waals surface area (Å²) in [5.41, 5.74) is 1.10. The van der Waals surface area contributed by atoms with Crippen molar-refractivity contribution < 1.29 is 4.79 Å². The summed E-state index contributed by atoms with van der Waals surface area (Å²) in [6, 6.07) is 6.04. The van der Waals surface area contributed by atoms with Crippen molar-refractivity contribution in [2.24, 2.45) is 0 Å². The zero-order chi connectivity index (χ0) is 10.6. The highest BCUT2D eigenvalue weighted by Crippen LogP contribution is 2.25. The predicted octanol–water partition coefficient (Wildman–Crippen LogP) is 3.36. The van der Waals surface area contributed by atoms with Gasteiger partial charge in [0.05, 0.1) is 5.88 Å². The average molecular weight is 341 g/mol.